The second-order valence-corrected chi connectivity index (χ2v) is 4.73. The van der Waals surface area contributed by atoms with Gasteiger partial charge < -0.3 is 10.5 Å². The highest BCUT2D eigenvalue weighted by molar-refractivity contribution is 7.83. The SMILES string of the molecule is CCOc1c(S)sc2cc(N)ccc12. The van der Waals surface area contributed by atoms with Crippen LogP contribution in [0.15, 0.2) is 22.4 Å². The van der Waals surface area contributed by atoms with E-state index in [2.05, 4.69) is 12.6 Å². The molecule has 0 amide bonds. The van der Waals surface area contributed by atoms with Gasteiger partial charge in [-0.2, -0.15) is 0 Å². The van der Waals surface area contributed by atoms with Crippen LogP contribution in [0.3, 0.4) is 0 Å². The summed E-state index contributed by atoms with van der Waals surface area (Å²) in [5.41, 5.74) is 6.47. The number of thiol groups is 1. The van der Waals surface area contributed by atoms with Crippen molar-refractivity contribution in [3.05, 3.63) is 18.2 Å². The summed E-state index contributed by atoms with van der Waals surface area (Å²) >= 11 is 5.97. The van der Waals surface area contributed by atoms with E-state index in [0.717, 1.165) is 25.7 Å². The van der Waals surface area contributed by atoms with Crippen molar-refractivity contribution in [3.8, 4) is 5.75 Å². The predicted molar refractivity (Wildman–Crippen MR) is 64.7 cm³/mol. The van der Waals surface area contributed by atoms with Gasteiger partial charge in [0.15, 0.2) is 5.75 Å². The van der Waals surface area contributed by atoms with Gasteiger partial charge in [0.1, 0.15) is 4.21 Å². The summed E-state index contributed by atoms with van der Waals surface area (Å²) in [6, 6.07) is 5.80. The Labute approximate surface area is 92.1 Å². The zero-order valence-corrected chi connectivity index (χ0v) is 9.49. The Bertz CT molecular complexity index is 464. The average Bonchev–Trinajstić information content (AvgIpc) is 2.43. The summed E-state index contributed by atoms with van der Waals surface area (Å²) in [5.74, 6) is 0.871. The zero-order chi connectivity index (χ0) is 10.1. The van der Waals surface area contributed by atoms with Crippen molar-refractivity contribution in [2.24, 2.45) is 0 Å². The van der Waals surface area contributed by atoms with Gasteiger partial charge in [0.25, 0.3) is 0 Å². The number of rotatable bonds is 2. The lowest BCUT2D eigenvalue weighted by molar-refractivity contribution is 0.339. The molecule has 2 rings (SSSR count). The second-order valence-electron chi connectivity index (χ2n) is 2.92. The molecule has 0 aliphatic heterocycles. The van der Waals surface area contributed by atoms with Crippen molar-refractivity contribution in [2.75, 3.05) is 12.3 Å². The van der Waals surface area contributed by atoms with Crippen LogP contribution in [0, 0.1) is 0 Å². The largest absolute Gasteiger partial charge is 0.491 e. The lowest BCUT2D eigenvalue weighted by Crippen LogP contribution is -1.90. The number of hydrogen-bond acceptors (Lipinski definition) is 4. The van der Waals surface area contributed by atoms with Gasteiger partial charge in [0.05, 0.1) is 6.61 Å². The molecule has 4 heteroatoms. The minimum absolute atomic E-state index is 0.657. The van der Waals surface area contributed by atoms with Crippen LogP contribution in [-0.2, 0) is 0 Å². The summed E-state index contributed by atoms with van der Waals surface area (Å²) in [7, 11) is 0. The normalized spacial score (nSPS) is 10.7. The van der Waals surface area contributed by atoms with Crippen LogP contribution in [0.4, 0.5) is 5.69 Å². The van der Waals surface area contributed by atoms with E-state index in [-0.39, 0.29) is 0 Å². The van der Waals surface area contributed by atoms with Gasteiger partial charge in [-0.25, -0.2) is 0 Å². The summed E-state index contributed by atoms with van der Waals surface area (Å²) in [4.78, 5) is 0. The minimum Gasteiger partial charge on any atom is -0.491 e. The molecule has 1 aromatic carbocycles. The molecular formula is C10H11NOS2. The predicted octanol–water partition coefficient (Wildman–Crippen LogP) is 3.17. The average molecular weight is 225 g/mol. The Kier molecular flexibility index (Phi) is 2.56. The van der Waals surface area contributed by atoms with Gasteiger partial charge in [-0.1, -0.05) is 0 Å². The van der Waals surface area contributed by atoms with E-state index in [1.807, 2.05) is 25.1 Å². The number of hydrogen-bond donors (Lipinski definition) is 2. The molecule has 0 fully saturated rings. The first-order valence-corrected chi connectivity index (χ1v) is 5.62. The van der Waals surface area contributed by atoms with E-state index >= 15 is 0 Å². The van der Waals surface area contributed by atoms with Crippen LogP contribution in [-0.4, -0.2) is 6.61 Å². The molecule has 0 bridgehead atoms. The summed E-state index contributed by atoms with van der Waals surface area (Å²) in [6.07, 6.45) is 0. The first kappa shape index (κ1) is 9.68. The van der Waals surface area contributed by atoms with Gasteiger partial charge in [-0.15, -0.1) is 24.0 Å². The molecule has 0 spiro atoms. The quantitative estimate of drug-likeness (QED) is 0.608. The van der Waals surface area contributed by atoms with Gasteiger partial charge >= 0.3 is 0 Å². The third-order valence-electron chi connectivity index (χ3n) is 1.94. The van der Waals surface area contributed by atoms with Crippen molar-refractivity contribution in [3.63, 3.8) is 0 Å². The van der Waals surface area contributed by atoms with Crippen molar-refractivity contribution in [1.82, 2.24) is 0 Å². The van der Waals surface area contributed by atoms with Gasteiger partial charge in [0, 0.05) is 15.8 Å². The molecule has 14 heavy (non-hydrogen) atoms. The Hall–Kier alpha value is -0.870. The first-order valence-electron chi connectivity index (χ1n) is 4.36. The number of nitrogen functional groups attached to an aromatic ring is 1. The Balaban J connectivity index is 2.64. The highest BCUT2D eigenvalue weighted by atomic mass is 32.2. The maximum Gasteiger partial charge on any atom is 0.151 e. The third-order valence-corrected chi connectivity index (χ3v) is 3.35. The molecule has 0 aliphatic carbocycles. The van der Waals surface area contributed by atoms with Crippen LogP contribution < -0.4 is 10.5 Å². The first-order chi connectivity index (χ1) is 6.72. The number of ether oxygens (including phenoxy) is 1. The molecular weight excluding hydrogens is 214 g/mol. The fraction of sp³-hybridized carbons (Fsp3) is 0.200. The smallest absolute Gasteiger partial charge is 0.151 e. The molecule has 0 atom stereocenters. The third kappa shape index (κ3) is 1.55. The Morgan fingerprint density at radius 1 is 1.50 bits per heavy atom. The molecule has 0 saturated heterocycles. The molecule has 0 radical (unpaired) electrons. The van der Waals surface area contributed by atoms with Crippen molar-refractivity contribution >= 4 is 39.7 Å². The lowest BCUT2D eigenvalue weighted by atomic mass is 10.2. The van der Waals surface area contributed by atoms with Crippen LogP contribution in [0.1, 0.15) is 6.92 Å². The molecule has 74 valence electrons. The number of benzene rings is 1. The lowest BCUT2D eigenvalue weighted by Gasteiger charge is -2.01. The Morgan fingerprint density at radius 3 is 3.00 bits per heavy atom. The number of fused-ring (bicyclic) bond motifs is 1. The summed E-state index contributed by atoms with van der Waals surface area (Å²) < 4.78 is 7.56. The maximum atomic E-state index is 5.70. The van der Waals surface area contributed by atoms with E-state index in [4.69, 9.17) is 10.5 Å². The molecule has 2 aromatic rings. The zero-order valence-electron chi connectivity index (χ0n) is 7.78. The maximum absolute atomic E-state index is 5.70. The minimum atomic E-state index is 0.657. The van der Waals surface area contributed by atoms with Crippen LogP contribution >= 0.6 is 24.0 Å². The molecule has 0 aliphatic rings. The fourth-order valence-corrected chi connectivity index (χ4v) is 2.78. The molecule has 1 heterocycles. The van der Waals surface area contributed by atoms with Gasteiger partial charge in [0.2, 0.25) is 0 Å². The topological polar surface area (TPSA) is 35.2 Å². The van der Waals surface area contributed by atoms with E-state index < -0.39 is 0 Å². The van der Waals surface area contributed by atoms with Crippen molar-refractivity contribution in [2.45, 2.75) is 11.1 Å². The molecule has 2 nitrogen and oxygen atoms in total. The summed E-state index contributed by atoms with van der Waals surface area (Å²) in [6.45, 7) is 2.62. The van der Waals surface area contributed by atoms with E-state index in [1.54, 1.807) is 11.3 Å². The number of nitrogens with two attached hydrogens (primary N) is 1. The highest BCUT2D eigenvalue weighted by Crippen LogP contribution is 2.40. The van der Waals surface area contributed by atoms with Crippen molar-refractivity contribution in [1.29, 1.82) is 0 Å². The van der Waals surface area contributed by atoms with Crippen LogP contribution in [0.5, 0.6) is 5.75 Å². The number of thiophene rings is 1. The highest BCUT2D eigenvalue weighted by Gasteiger charge is 2.10. The molecule has 0 unspecified atom stereocenters. The van der Waals surface area contributed by atoms with Crippen LogP contribution in [0.2, 0.25) is 0 Å². The van der Waals surface area contributed by atoms with E-state index in [0.29, 0.717) is 6.61 Å². The van der Waals surface area contributed by atoms with Crippen molar-refractivity contribution < 1.29 is 4.74 Å². The van der Waals surface area contributed by atoms with Crippen LogP contribution in [0.25, 0.3) is 10.1 Å². The fourth-order valence-electron chi connectivity index (χ4n) is 1.36. The molecule has 2 N–H and O–H groups in total. The van der Waals surface area contributed by atoms with Gasteiger partial charge in [-0.3, -0.25) is 0 Å². The van der Waals surface area contributed by atoms with Gasteiger partial charge in [-0.05, 0) is 25.1 Å². The summed E-state index contributed by atoms with van der Waals surface area (Å²) in [5, 5.41) is 1.09. The Morgan fingerprint density at radius 2 is 2.29 bits per heavy atom. The monoisotopic (exact) mass is 225 g/mol. The van der Waals surface area contributed by atoms with E-state index in [1.165, 1.54) is 0 Å². The second kappa shape index (κ2) is 3.71. The standard InChI is InChI=1S/C10H11NOS2/c1-2-12-9-7-4-3-6(11)5-8(7)14-10(9)13/h3-5,13H,2,11H2,1H3. The molecule has 0 saturated carbocycles. The van der Waals surface area contributed by atoms with E-state index in [9.17, 15) is 0 Å². The molecule has 1 aromatic heterocycles. The number of anilines is 1.